The minimum absolute atomic E-state index is 0.0338. The monoisotopic (exact) mass is 272 g/mol. The highest BCUT2D eigenvalue weighted by Crippen LogP contribution is 2.34. The SMILES string of the molecule is Nc1oncc1-c1cc(Br)c(O)cc1F. The standard InChI is InChI=1S/C9H6BrFN2O2/c10-6-1-4(7(11)2-8(6)14)5-3-13-15-9(5)12/h1-3,14H,12H2. The van der Waals surface area contributed by atoms with Crippen LogP contribution in [-0.4, -0.2) is 10.3 Å². The summed E-state index contributed by atoms with van der Waals surface area (Å²) in [5.41, 5.74) is 6.03. The van der Waals surface area contributed by atoms with E-state index in [1.54, 1.807) is 0 Å². The zero-order chi connectivity index (χ0) is 11.0. The summed E-state index contributed by atoms with van der Waals surface area (Å²) in [5.74, 6) is -0.733. The molecule has 2 aromatic rings. The van der Waals surface area contributed by atoms with Gasteiger partial charge in [-0.05, 0) is 22.0 Å². The van der Waals surface area contributed by atoms with Crippen molar-refractivity contribution in [3.63, 3.8) is 0 Å². The van der Waals surface area contributed by atoms with Gasteiger partial charge in [-0.15, -0.1) is 0 Å². The van der Waals surface area contributed by atoms with Gasteiger partial charge in [0.15, 0.2) is 0 Å². The Hall–Kier alpha value is -1.56. The summed E-state index contributed by atoms with van der Waals surface area (Å²) < 4.78 is 18.5. The van der Waals surface area contributed by atoms with Gasteiger partial charge in [-0.2, -0.15) is 0 Å². The fourth-order valence-corrected chi connectivity index (χ4v) is 1.54. The highest BCUT2D eigenvalue weighted by Gasteiger charge is 2.14. The van der Waals surface area contributed by atoms with Crippen LogP contribution >= 0.6 is 15.9 Å². The molecule has 0 fully saturated rings. The fraction of sp³-hybridized carbons (Fsp3) is 0. The van der Waals surface area contributed by atoms with E-state index in [-0.39, 0.29) is 17.2 Å². The molecule has 6 heteroatoms. The molecule has 0 aliphatic carbocycles. The second-order valence-electron chi connectivity index (χ2n) is 2.89. The van der Waals surface area contributed by atoms with E-state index in [4.69, 9.17) is 5.73 Å². The Labute approximate surface area is 92.6 Å². The van der Waals surface area contributed by atoms with Gasteiger partial charge in [0.1, 0.15) is 11.6 Å². The number of halogens is 2. The van der Waals surface area contributed by atoms with Crippen LogP contribution in [0.15, 0.2) is 27.3 Å². The van der Waals surface area contributed by atoms with Crippen molar-refractivity contribution in [3.05, 3.63) is 28.6 Å². The van der Waals surface area contributed by atoms with Gasteiger partial charge in [-0.3, -0.25) is 0 Å². The van der Waals surface area contributed by atoms with Crippen molar-refractivity contribution in [3.8, 4) is 16.9 Å². The number of hydrogen-bond acceptors (Lipinski definition) is 4. The average molecular weight is 273 g/mol. The van der Waals surface area contributed by atoms with Crippen molar-refractivity contribution < 1.29 is 14.0 Å². The molecule has 0 radical (unpaired) electrons. The number of hydrogen-bond donors (Lipinski definition) is 2. The lowest BCUT2D eigenvalue weighted by Gasteiger charge is -2.03. The number of phenolic OH excluding ortho intramolecular Hbond substituents is 1. The highest BCUT2D eigenvalue weighted by atomic mass is 79.9. The fourth-order valence-electron chi connectivity index (χ4n) is 1.19. The largest absolute Gasteiger partial charge is 0.507 e. The predicted octanol–water partition coefficient (Wildman–Crippen LogP) is 2.53. The third kappa shape index (κ3) is 1.68. The van der Waals surface area contributed by atoms with Crippen molar-refractivity contribution in [2.75, 3.05) is 5.73 Å². The molecule has 0 bridgehead atoms. The summed E-state index contributed by atoms with van der Waals surface area (Å²) in [6, 6.07) is 2.40. The molecule has 1 aromatic heterocycles. The number of nitrogens with two attached hydrogens (primary N) is 1. The minimum Gasteiger partial charge on any atom is -0.507 e. The minimum atomic E-state index is -0.592. The average Bonchev–Trinajstić information content (AvgIpc) is 2.58. The lowest BCUT2D eigenvalue weighted by molar-refractivity contribution is 0.436. The maximum Gasteiger partial charge on any atom is 0.230 e. The summed E-state index contributed by atoms with van der Waals surface area (Å²) in [6.45, 7) is 0. The van der Waals surface area contributed by atoms with Crippen molar-refractivity contribution in [2.45, 2.75) is 0 Å². The van der Waals surface area contributed by atoms with Crippen LogP contribution in [-0.2, 0) is 0 Å². The molecule has 15 heavy (non-hydrogen) atoms. The quantitative estimate of drug-likeness (QED) is 0.837. The maximum absolute atomic E-state index is 13.5. The second kappa shape index (κ2) is 3.54. The molecule has 1 heterocycles. The number of nitrogen functional groups attached to an aromatic ring is 1. The van der Waals surface area contributed by atoms with Gasteiger partial charge < -0.3 is 15.4 Å². The van der Waals surface area contributed by atoms with Gasteiger partial charge in [0, 0.05) is 11.6 Å². The van der Waals surface area contributed by atoms with Gasteiger partial charge in [0.2, 0.25) is 5.88 Å². The lowest BCUT2D eigenvalue weighted by atomic mass is 10.1. The van der Waals surface area contributed by atoms with E-state index >= 15 is 0 Å². The number of benzene rings is 1. The normalized spacial score (nSPS) is 10.5. The molecular formula is C9H6BrFN2O2. The van der Waals surface area contributed by atoms with Gasteiger partial charge >= 0.3 is 0 Å². The molecule has 0 atom stereocenters. The van der Waals surface area contributed by atoms with Crippen LogP contribution in [0.5, 0.6) is 5.75 Å². The van der Waals surface area contributed by atoms with Crippen LogP contribution in [0.1, 0.15) is 0 Å². The van der Waals surface area contributed by atoms with Crippen LogP contribution < -0.4 is 5.73 Å². The lowest BCUT2D eigenvalue weighted by Crippen LogP contribution is -1.88. The molecule has 4 nitrogen and oxygen atoms in total. The third-order valence-corrected chi connectivity index (χ3v) is 2.56. The molecule has 0 aliphatic rings. The topological polar surface area (TPSA) is 72.3 Å². The van der Waals surface area contributed by atoms with Gasteiger partial charge in [-0.25, -0.2) is 4.39 Å². The van der Waals surface area contributed by atoms with E-state index in [0.29, 0.717) is 10.0 Å². The summed E-state index contributed by atoms with van der Waals surface area (Å²) >= 11 is 3.08. The van der Waals surface area contributed by atoms with Crippen molar-refractivity contribution >= 4 is 21.8 Å². The maximum atomic E-state index is 13.5. The number of phenols is 1. The van der Waals surface area contributed by atoms with Crippen LogP contribution in [0.3, 0.4) is 0 Å². The smallest absolute Gasteiger partial charge is 0.230 e. The molecule has 3 N–H and O–H groups in total. The van der Waals surface area contributed by atoms with Crippen LogP contribution in [0.2, 0.25) is 0 Å². The summed E-state index contributed by atoms with van der Waals surface area (Å²) in [5, 5.41) is 12.7. The van der Waals surface area contributed by atoms with E-state index in [0.717, 1.165) is 6.07 Å². The Morgan fingerprint density at radius 1 is 1.40 bits per heavy atom. The van der Waals surface area contributed by atoms with Gasteiger partial charge in [-0.1, -0.05) is 5.16 Å². The Morgan fingerprint density at radius 3 is 2.73 bits per heavy atom. The summed E-state index contributed by atoms with van der Waals surface area (Å²) in [7, 11) is 0. The molecular weight excluding hydrogens is 267 g/mol. The van der Waals surface area contributed by atoms with Crippen molar-refractivity contribution in [2.24, 2.45) is 0 Å². The van der Waals surface area contributed by atoms with E-state index < -0.39 is 5.82 Å². The first-order valence-corrected chi connectivity index (χ1v) is 4.77. The third-order valence-electron chi connectivity index (χ3n) is 1.92. The molecule has 0 aliphatic heterocycles. The van der Waals surface area contributed by atoms with E-state index in [2.05, 4.69) is 25.6 Å². The Morgan fingerprint density at radius 2 is 2.13 bits per heavy atom. The van der Waals surface area contributed by atoms with Gasteiger partial charge in [0.05, 0.1) is 16.2 Å². The number of anilines is 1. The number of aromatic hydroxyl groups is 1. The van der Waals surface area contributed by atoms with Gasteiger partial charge in [0.25, 0.3) is 0 Å². The number of nitrogens with zero attached hydrogens (tertiary/aromatic N) is 1. The van der Waals surface area contributed by atoms with Crippen molar-refractivity contribution in [1.82, 2.24) is 5.16 Å². The molecule has 0 spiro atoms. The summed E-state index contributed by atoms with van der Waals surface area (Å²) in [4.78, 5) is 0. The Bertz CT molecular complexity index is 513. The van der Waals surface area contributed by atoms with Crippen LogP contribution in [0, 0.1) is 5.82 Å². The zero-order valence-corrected chi connectivity index (χ0v) is 8.95. The molecule has 1 aromatic carbocycles. The van der Waals surface area contributed by atoms with Crippen molar-refractivity contribution in [1.29, 1.82) is 0 Å². The molecule has 0 amide bonds. The predicted molar refractivity (Wildman–Crippen MR) is 55.7 cm³/mol. The summed E-state index contributed by atoms with van der Waals surface area (Å²) in [6.07, 6.45) is 1.32. The highest BCUT2D eigenvalue weighted by molar-refractivity contribution is 9.10. The Kier molecular flexibility index (Phi) is 2.36. The molecule has 0 unspecified atom stereocenters. The van der Waals surface area contributed by atoms with E-state index in [9.17, 15) is 9.50 Å². The zero-order valence-electron chi connectivity index (χ0n) is 7.37. The molecule has 2 rings (SSSR count). The molecule has 78 valence electrons. The molecule has 0 saturated carbocycles. The van der Waals surface area contributed by atoms with Crippen LogP contribution in [0.4, 0.5) is 10.3 Å². The first-order chi connectivity index (χ1) is 7.09. The molecule has 0 saturated heterocycles. The number of rotatable bonds is 1. The Balaban J connectivity index is 2.64. The van der Waals surface area contributed by atoms with E-state index in [1.807, 2.05) is 0 Å². The van der Waals surface area contributed by atoms with Crippen LogP contribution in [0.25, 0.3) is 11.1 Å². The first-order valence-electron chi connectivity index (χ1n) is 3.98. The second-order valence-corrected chi connectivity index (χ2v) is 3.74. The first kappa shape index (κ1) is 9.97. The number of aromatic nitrogens is 1. The van der Waals surface area contributed by atoms with E-state index in [1.165, 1.54) is 12.3 Å².